The standard InChI is InChI=1S/C14H25NO4/c16-10-6-2-1-5-9-15-12(17)11-14(13(18)19)7-3-4-8-14/h16H,1-11H2,(H,15,17)(H,18,19). The van der Waals surface area contributed by atoms with Crippen molar-refractivity contribution >= 4 is 11.9 Å². The van der Waals surface area contributed by atoms with Crippen molar-refractivity contribution in [1.82, 2.24) is 5.32 Å². The lowest BCUT2D eigenvalue weighted by molar-refractivity contribution is -0.151. The number of aliphatic hydroxyl groups is 1. The van der Waals surface area contributed by atoms with Gasteiger partial charge in [-0.3, -0.25) is 9.59 Å². The van der Waals surface area contributed by atoms with Gasteiger partial charge in [0.25, 0.3) is 0 Å². The SMILES string of the molecule is O=C(CC1(C(=O)O)CCCC1)NCCCCCCO. The second-order valence-corrected chi connectivity index (χ2v) is 5.46. The van der Waals surface area contributed by atoms with Crippen molar-refractivity contribution in [2.24, 2.45) is 5.41 Å². The Morgan fingerprint density at radius 2 is 1.68 bits per heavy atom. The Bertz CT molecular complexity index is 298. The van der Waals surface area contributed by atoms with Crippen molar-refractivity contribution in [2.75, 3.05) is 13.2 Å². The molecule has 1 amide bonds. The van der Waals surface area contributed by atoms with Gasteiger partial charge in [-0.1, -0.05) is 25.7 Å². The zero-order valence-corrected chi connectivity index (χ0v) is 11.5. The summed E-state index contributed by atoms with van der Waals surface area (Å²) in [4.78, 5) is 23.1. The van der Waals surface area contributed by atoms with Gasteiger partial charge in [0.05, 0.1) is 5.41 Å². The first-order valence-electron chi connectivity index (χ1n) is 7.22. The molecule has 0 saturated heterocycles. The number of carbonyl (C=O) groups is 2. The molecular formula is C14H25NO4. The van der Waals surface area contributed by atoms with Crippen LogP contribution in [0.3, 0.4) is 0 Å². The highest BCUT2D eigenvalue weighted by molar-refractivity contribution is 5.85. The highest BCUT2D eigenvalue weighted by Gasteiger charge is 2.42. The van der Waals surface area contributed by atoms with Crippen LogP contribution in [0.25, 0.3) is 0 Å². The molecule has 1 fully saturated rings. The number of carboxylic acids is 1. The quantitative estimate of drug-likeness (QED) is 0.557. The second kappa shape index (κ2) is 8.15. The molecule has 5 nitrogen and oxygen atoms in total. The van der Waals surface area contributed by atoms with Crippen LogP contribution in [0.1, 0.15) is 57.8 Å². The maximum Gasteiger partial charge on any atom is 0.310 e. The van der Waals surface area contributed by atoms with Gasteiger partial charge >= 0.3 is 5.97 Å². The third kappa shape index (κ3) is 5.19. The molecular weight excluding hydrogens is 246 g/mol. The van der Waals surface area contributed by atoms with Gasteiger partial charge in [0, 0.05) is 19.6 Å². The summed E-state index contributed by atoms with van der Waals surface area (Å²) in [5.41, 5.74) is -0.818. The molecule has 0 aromatic carbocycles. The smallest absolute Gasteiger partial charge is 0.310 e. The van der Waals surface area contributed by atoms with Crippen molar-refractivity contribution < 1.29 is 19.8 Å². The molecule has 0 radical (unpaired) electrons. The molecule has 0 aromatic heterocycles. The zero-order valence-electron chi connectivity index (χ0n) is 11.5. The van der Waals surface area contributed by atoms with E-state index in [0.717, 1.165) is 38.5 Å². The number of aliphatic hydroxyl groups excluding tert-OH is 1. The number of nitrogens with one attached hydrogen (secondary N) is 1. The van der Waals surface area contributed by atoms with E-state index >= 15 is 0 Å². The number of aliphatic carboxylic acids is 1. The predicted octanol–water partition coefficient (Wildman–Crippen LogP) is 1.69. The monoisotopic (exact) mass is 271 g/mol. The molecule has 5 heteroatoms. The van der Waals surface area contributed by atoms with Crippen LogP contribution in [-0.4, -0.2) is 35.2 Å². The summed E-state index contributed by atoms with van der Waals surface area (Å²) in [6.45, 7) is 0.813. The predicted molar refractivity (Wildman–Crippen MR) is 71.7 cm³/mol. The molecule has 1 aliphatic rings. The van der Waals surface area contributed by atoms with Gasteiger partial charge in [-0.15, -0.1) is 0 Å². The van der Waals surface area contributed by atoms with Crippen LogP contribution in [0.5, 0.6) is 0 Å². The fourth-order valence-electron chi connectivity index (χ4n) is 2.71. The van der Waals surface area contributed by atoms with E-state index < -0.39 is 11.4 Å². The Kier molecular flexibility index (Phi) is 6.84. The van der Waals surface area contributed by atoms with E-state index in [1.54, 1.807) is 0 Å². The molecule has 0 spiro atoms. The van der Waals surface area contributed by atoms with Crippen molar-refractivity contribution in [1.29, 1.82) is 0 Å². The van der Waals surface area contributed by atoms with Gasteiger partial charge in [0.15, 0.2) is 0 Å². The van der Waals surface area contributed by atoms with E-state index in [4.69, 9.17) is 5.11 Å². The minimum atomic E-state index is -0.830. The first-order chi connectivity index (χ1) is 9.10. The molecule has 19 heavy (non-hydrogen) atoms. The lowest BCUT2D eigenvalue weighted by Crippen LogP contribution is -2.36. The molecule has 0 unspecified atom stereocenters. The van der Waals surface area contributed by atoms with Gasteiger partial charge in [-0.05, 0) is 25.7 Å². The Labute approximate surface area is 114 Å². The number of amides is 1. The number of hydrogen-bond donors (Lipinski definition) is 3. The molecule has 0 atom stereocenters. The molecule has 3 N–H and O–H groups in total. The van der Waals surface area contributed by atoms with Crippen LogP contribution in [0.2, 0.25) is 0 Å². The summed E-state index contributed by atoms with van der Waals surface area (Å²) >= 11 is 0. The minimum absolute atomic E-state index is 0.110. The van der Waals surface area contributed by atoms with Crippen molar-refractivity contribution in [3.63, 3.8) is 0 Å². The minimum Gasteiger partial charge on any atom is -0.481 e. The highest BCUT2D eigenvalue weighted by atomic mass is 16.4. The molecule has 0 aliphatic heterocycles. The zero-order chi connectivity index (χ0) is 14.1. The first-order valence-corrected chi connectivity index (χ1v) is 7.22. The van der Waals surface area contributed by atoms with Crippen LogP contribution < -0.4 is 5.32 Å². The van der Waals surface area contributed by atoms with Crippen LogP contribution in [0.4, 0.5) is 0 Å². The van der Waals surface area contributed by atoms with Gasteiger partial charge in [-0.25, -0.2) is 0 Å². The maximum atomic E-state index is 11.8. The molecule has 110 valence electrons. The molecule has 1 aliphatic carbocycles. The maximum absolute atomic E-state index is 11.8. The van der Waals surface area contributed by atoms with E-state index in [9.17, 15) is 14.7 Å². The molecule has 0 aromatic rings. The summed E-state index contributed by atoms with van der Waals surface area (Å²) in [5, 5.41) is 20.7. The summed E-state index contributed by atoms with van der Waals surface area (Å²) in [7, 11) is 0. The van der Waals surface area contributed by atoms with Gasteiger partial charge in [0.2, 0.25) is 5.91 Å². The van der Waals surface area contributed by atoms with Gasteiger partial charge in [-0.2, -0.15) is 0 Å². The van der Waals surface area contributed by atoms with Crippen LogP contribution in [0, 0.1) is 5.41 Å². The van der Waals surface area contributed by atoms with Crippen LogP contribution in [0.15, 0.2) is 0 Å². The molecule has 0 bridgehead atoms. The Balaban J connectivity index is 2.21. The number of rotatable bonds is 9. The van der Waals surface area contributed by atoms with E-state index in [1.165, 1.54) is 0 Å². The van der Waals surface area contributed by atoms with Crippen molar-refractivity contribution in [3.8, 4) is 0 Å². The summed E-state index contributed by atoms with van der Waals surface area (Å²) in [6, 6.07) is 0. The lowest BCUT2D eigenvalue weighted by Gasteiger charge is -2.22. The van der Waals surface area contributed by atoms with Crippen LogP contribution in [-0.2, 0) is 9.59 Å². The summed E-state index contributed by atoms with van der Waals surface area (Å²) in [6.07, 6.45) is 6.77. The fourth-order valence-corrected chi connectivity index (χ4v) is 2.71. The molecule has 1 saturated carbocycles. The molecule has 1 rings (SSSR count). The topological polar surface area (TPSA) is 86.6 Å². The third-order valence-electron chi connectivity index (χ3n) is 3.92. The number of hydrogen-bond acceptors (Lipinski definition) is 3. The van der Waals surface area contributed by atoms with Gasteiger partial charge < -0.3 is 15.5 Å². The Morgan fingerprint density at radius 3 is 2.26 bits per heavy atom. The lowest BCUT2D eigenvalue weighted by atomic mass is 9.82. The number of unbranched alkanes of at least 4 members (excludes halogenated alkanes) is 3. The Hall–Kier alpha value is -1.10. The Morgan fingerprint density at radius 1 is 1.05 bits per heavy atom. The summed E-state index contributed by atoms with van der Waals surface area (Å²) in [5.74, 6) is -0.977. The van der Waals surface area contributed by atoms with Crippen molar-refractivity contribution in [3.05, 3.63) is 0 Å². The number of carbonyl (C=O) groups excluding carboxylic acids is 1. The van der Waals surface area contributed by atoms with Crippen LogP contribution >= 0.6 is 0 Å². The average molecular weight is 271 g/mol. The van der Waals surface area contributed by atoms with E-state index in [1.807, 2.05) is 0 Å². The van der Waals surface area contributed by atoms with E-state index in [0.29, 0.717) is 19.4 Å². The fraction of sp³-hybridized carbons (Fsp3) is 0.857. The highest BCUT2D eigenvalue weighted by Crippen LogP contribution is 2.41. The first kappa shape index (κ1) is 16.0. The second-order valence-electron chi connectivity index (χ2n) is 5.46. The van der Waals surface area contributed by atoms with Gasteiger partial charge in [0.1, 0.15) is 0 Å². The molecule has 0 heterocycles. The normalized spacial score (nSPS) is 17.3. The van der Waals surface area contributed by atoms with Crippen molar-refractivity contribution in [2.45, 2.75) is 57.8 Å². The third-order valence-corrected chi connectivity index (χ3v) is 3.92. The van der Waals surface area contributed by atoms with E-state index in [2.05, 4.69) is 5.32 Å². The summed E-state index contributed by atoms with van der Waals surface area (Å²) < 4.78 is 0. The number of carboxylic acid groups (broad SMARTS) is 1. The average Bonchev–Trinajstić information content (AvgIpc) is 2.83. The van der Waals surface area contributed by atoms with E-state index in [-0.39, 0.29) is 18.9 Å². The largest absolute Gasteiger partial charge is 0.481 e.